The number of piperidine rings is 1. The van der Waals surface area contributed by atoms with Crippen LogP contribution in [-0.4, -0.2) is 65.6 Å². The van der Waals surface area contributed by atoms with Crippen molar-refractivity contribution in [3.8, 4) is 0 Å². The summed E-state index contributed by atoms with van der Waals surface area (Å²) < 4.78 is 5.36. The highest BCUT2D eigenvalue weighted by Crippen LogP contribution is 2.32. The molecule has 8 nitrogen and oxygen atoms in total. The van der Waals surface area contributed by atoms with Gasteiger partial charge >= 0.3 is 6.03 Å². The van der Waals surface area contributed by atoms with Crippen molar-refractivity contribution < 1.29 is 14.1 Å². The van der Waals surface area contributed by atoms with Gasteiger partial charge in [0, 0.05) is 46.1 Å². The highest BCUT2D eigenvalue weighted by atomic mass is 16.5. The molecule has 1 aliphatic heterocycles. The molecule has 1 saturated carbocycles. The van der Waals surface area contributed by atoms with Crippen LogP contribution in [0, 0.1) is 5.92 Å². The number of amides is 3. The van der Waals surface area contributed by atoms with Crippen molar-refractivity contribution in [1.29, 1.82) is 0 Å². The minimum atomic E-state index is -0.146. The number of carbonyl (C=O) groups is 2. The van der Waals surface area contributed by atoms with E-state index in [-0.39, 0.29) is 17.9 Å². The molecule has 1 N–H and O–H groups in total. The topological polar surface area (TPSA) is 91.6 Å². The van der Waals surface area contributed by atoms with E-state index in [1.165, 1.54) is 12.8 Å². The zero-order valence-corrected chi connectivity index (χ0v) is 15.7. The number of rotatable bonds is 5. The van der Waals surface area contributed by atoms with Gasteiger partial charge in [-0.2, -0.15) is 4.98 Å². The Bertz CT molecular complexity index is 624. The maximum Gasteiger partial charge on any atom is 0.319 e. The van der Waals surface area contributed by atoms with Crippen LogP contribution in [0.1, 0.15) is 56.2 Å². The van der Waals surface area contributed by atoms with Crippen LogP contribution < -0.4 is 5.32 Å². The Labute approximate surface area is 154 Å². The molecule has 1 saturated heterocycles. The fourth-order valence-electron chi connectivity index (χ4n) is 3.80. The van der Waals surface area contributed by atoms with Crippen LogP contribution in [0.25, 0.3) is 0 Å². The predicted molar refractivity (Wildman–Crippen MR) is 95.6 cm³/mol. The second kappa shape index (κ2) is 8.51. The van der Waals surface area contributed by atoms with Crippen molar-refractivity contribution >= 4 is 11.9 Å². The summed E-state index contributed by atoms with van der Waals surface area (Å²) in [5, 5.41) is 6.99. The van der Waals surface area contributed by atoms with Gasteiger partial charge in [-0.25, -0.2) is 4.79 Å². The van der Waals surface area contributed by atoms with Crippen LogP contribution in [0.5, 0.6) is 0 Å². The van der Waals surface area contributed by atoms with E-state index in [1.54, 1.807) is 23.9 Å². The van der Waals surface area contributed by atoms with E-state index in [0.717, 1.165) is 31.6 Å². The van der Waals surface area contributed by atoms with E-state index < -0.39 is 0 Å². The van der Waals surface area contributed by atoms with Gasteiger partial charge in [0.05, 0.1) is 5.92 Å². The quantitative estimate of drug-likeness (QED) is 0.861. The summed E-state index contributed by atoms with van der Waals surface area (Å²) in [5.41, 5.74) is 0. The number of nitrogens with one attached hydrogen (secondary N) is 1. The Kier molecular flexibility index (Phi) is 6.11. The van der Waals surface area contributed by atoms with Crippen LogP contribution in [0.15, 0.2) is 4.52 Å². The number of hydrogen-bond acceptors (Lipinski definition) is 5. The average Bonchev–Trinajstić information content (AvgIpc) is 3.32. The number of hydrogen-bond donors (Lipinski definition) is 1. The van der Waals surface area contributed by atoms with Gasteiger partial charge in [0.1, 0.15) is 0 Å². The average molecular weight is 363 g/mol. The molecule has 1 atom stereocenters. The fourth-order valence-corrected chi connectivity index (χ4v) is 3.80. The summed E-state index contributed by atoms with van der Waals surface area (Å²) in [7, 11) is 3.47. The van der Waals surface area contributed by atoms with Crippen LogP contribution in [0.3, 0.4) is 0 Å². The molecule has 0 aromatic carbocycles. The fraction of sp³-hybridized carbons (Fsp3) is 0.778. The van der Waals surface area contributed by atoms with E-state index in [1.807, 2.05) is 0 Å². The summed E-state index contributed by atoms with van der Waals surface area (Å²) >= 11 is 0. The first kappa shape index (κ1) is 18.7. The SMILES string of the molecule is CN(C)C(=O)N1CCC[C@H](C(=O)NCCc2noc(C3CCCC3)n2)C1. The molecule has 0 unspecified atom stereocenters. The van der Waals surface area contributed by atoms with E-state index in [4.69, 9.17) is 4.52 Å². The molecule has 2 heterocycles. The normalized spacial score (nSPS) is 21.0. The highest BCUT2D eigenvalue weighted by molar-refractivity contribution is 5.80. The zero-order chi connectivity index (χ0) is 18.5. The van der Waals surface area contributed by atoms with E-state index in [2.05, 4.69) is 15.5 Å². The standard InChI is InChI=1S/C18H29N5O3/c1-22(2)18(25)23-11-5-8-14(12-23)16(24)19-10-9-15-20-17(26-21-15)13-6-3-4-7-13/h13-14H,3-12H2,1-2H3,(H,19,24)/t14-/m0/s1. The smallest absolute Gasteiger partial charge is 0.319 e. The van der Waals surface area contributed by atoms with Crippen molar-refractivity contribution in [2.45, 2.75) is 50.9 Å². The molecule has 3 amide bonds. The van der Waals surface area contributed by atoms with Gasteiger partial charge < -0.3 is 19.6 Å². The lowest BCUT2D eigenvalue weighted by Gasteiger charge is -2.33. The van der Waals surface area contributed by atoms with Crippen molar-refractivity contribution in [3.63, 3.8) is 0 Å². The molecule has 1 aliphatic carbocycles. The van der Waals surface area contributed by atoms with Crippen molar-refractivity contribution in [3.05, 3.63) is 11.7 Å². The Morgan fingerprint density at radius 2 is 2.00 bits per heavy atom. The van der Waals surface area contributed by atoms with Gasteiger partial charge in [-0.3, -0.25) is 4.79 Å². The molecule has 3 rings (SSSR count). The largest absolute Gasteiger partial charge is 0.355 e. The molecular formula is C18H29N5O3. The zero-order valence-electron chi connectivity index (χ0n) is 15.7. The third-order valence-corrected chi connectivity index (χ3v) is 5.28. The molecule has 144 valence electrons. The Balaban J connectivity index is 1.43. The van der Waals surface area contributed by atoms with E-state index >= 15 is 0 Å². The first-order chi connectivity index (χ1) is 12.5. The molecule has 0 radical (unpaired) electrons. The summed E-state index contributed by atoms with van der Waals surface area (Å²) in [6, 6.07) is -0.0336. The summed E-state index contributed by atoms with van der Waals surface area (Å²) in [6.07, 6.45) is 6.95. The number of nitrogens with zero attached hydrogens (tertiary/aromatic N) is 4. The van der Waals surface area contributed by atoms with E-state index in [9.17, 15) is 9.59 Å². The third-order valence-electron chi connectivity index (χ3n) is 5.28. The van der Waals surface area contributed by atoms with Gasteiger partial charge in [0.15, 0.2) is 5.82 Å². The summed E-state index contributed by atoms with van der Waals surface area (Å²) in [5.74, 6) is 1.66. The third kappa shape index (κ3) is 4.53. The summed E-state index contributed by atoms with van der Waals surface area (Å²) in [6.45, 7) is 1.69. The maximum atomic E-state index is 12.4. The Morgan fingerprint density at radius 1 is 1.23 bits per heavy atom. The lowest BCUT2D eigenvalue weighted by molar-refractivity contribution is -0.126. The minimum absolute atomic E-state index is 0.000711. The van der Waals surface area contributed by atoms with Gasteiger partial charge in [-0.15, -0.1) is 0 Å². The van der Waals surface area contributed by atoms with E-state index in [0.29, 0.717) is 37.8 Å². The molecule has 2 fully saturated rings. The molecule has 1 aromatic heterocycles. The Hall–Kier alpha value is -2.12. The molecule has 1 aromatic rings. The van der Waals surface area contributed by atoms with Gasteiger partial charge in [-0.1, -0.05) is 18.0 Å². The molecule has 26 heavy (non-hydrogen) atoms. The van der Waals surface area contributed by atoms with Gasteiger partial charge in [-0.05, 0) is 25.7 Å². The molecule has 2 aliphatic rings. The molecule has 0 spiro atoms. The molecule has 8 heteroatoms. The van der Waals surface area contributed by atoms with Crippen LogP contribution in [0.2, 0.25) is 0 Å². The number of likely N-dealkylation sites (tertiary alicyclic amines) is 1. The van der Waals surface area contributed by atoms with Crippen LogP contribution in [-0.2, 0) is 11.2 Å². The first-order valence-corrected chi connectivity index (χ1v) is 9.61. The van der Waals surface area contributed by atoms with Crippen LogP contribution >= 0.6 is 0 Å². The first-order valence-electron chi connectivity index (χ1n) is 9.61. The second-order valence-corrected chi connectivity index (χ2v) is 7.53. The predicted octanol–water partition coefficient (Wildman–Crippen LogP) is 1.78. The lowest BCUT2D eigenvalue weighted by Crippen LogP contribution is -2.48. The monoisotopic (exact) mass is 363 g/mol. The van der Waals surface area contributed by atoms with Crippen molar-refractivity contribution in [2.24, 2.45) is 5.92 Å². The molecule has 0 bridgehead atoms. The lowest BCUT2D eigenvalue weighted by atomic mass is 9.97. The number of urea groups is 1. The Morgan fingerprint density at radius 3 is 2.73 bits per heavy atom. The number of aromatic nitrogens is 2. The molecular weight excluding hydrogens is 334 g/mol. The van der Waals surface area contributed by atoms with Crippen LogP contribution in [0.4, 0.5) is 4.79 Å². The highest BCUT2D eigenvalue weighted by Gasteiger charge is 2.29. The van der Waals surface area contributed by atoms with Crippen molar-refractivity contribution in [1.82, 2.24) is 25.3 Å². The second-order valence-electron chi connectivity index (χ2n) is 7.53. The minimum Gasteiger partial charge on any atom is -0.355 e. The maximum absolute atomic E-state index is 12.4. The van der Waals surface area contributed by atoms with Gasteiger partial charge in [0.25, 0.3) is 0 Å². The van der Waals surface area contributed by atoms with Gasteiger partial charge in [0.2, 0.25) is 11.8 Å². The van der Waals surface area contributed by atoms with Crippen molar-refractivity contribution in [2.75, 3.05) is 33.7 Å². The number of carbonyl (C=O) groups excluding carboxylic acids is 2. The summed E-state index contributed by atoms with van der Waals surface area (Å²) in [4.78, 5) is 32.3.